The van der Waals surface area contributed by atoms with Gasteiger partial charge in [-0.25, -0.2) is 9.80 Å². The number of amides is 3. The van der Waals surface area contributed by atoms with Gasteiger partial charge in [0.15, 0.2) is 5.78 Å². The third-order valence-electron chi connectivity index (χ3n) is 7.95. The number of carbonyl (C=O) groups is 3. The molecule has 0 saturated carbocycles. The summed E-state index contributed by atoms with van der Waals surface area (Å²) in [5.41, 5.74) is 2.93. The Morgan fingerprint density at radius 2 is 1.59 bits per heavy atom. The molecule has 8 heteroatoms. The summed E-state index contributed by atoms with van der Waals surface area (Å²) in [5.74, 6) is -1.26. The Labute approximate surface area is 240 Å². The molecule has 3 aromatic carbocycles. The molecule has 8 nitrogen and oxygen atoms in total. The molecule has 2 fully saturated rings. The van der Waals surface area contributed by atoms with Crippen LogP contribution in [0.15, 0.2) is 97.6 Å². The minimum Gasteiger partial charge on any atom is -0.508 e. The molecule has 3 unspecified atom stereocenters. The van der Waals surface area contributed by atoms with Crippen LogP contribution < -0.4 is 5.32 Å². The summed E-state index contributed by atoms with van der Waals surface area (Å²) in [6, 6.07) is 25.5. The number of nitrogens with zero attached hydrogens (tertiary/aromatic N) is 3. The van der Waals surface area contributed by atoms with Crippen LogP contribution in [0.1, 0.15) is 16.7 Å². The van der Waals surface area contributed by atoms with Crippen LogP contribution in [0.4, 0.5) is 4.79 Å². The molecule has 2 heterocycles. The van der Waals surface area contributed by atoms with Crippen molar-refractivity contribution in [3.05, 3.63) is 114 Å². The number of phenolic OH excluding ortho intramolecular Hbond substituents is 1. The van der Waals surface area contributed by atoms with E-state index < -0.39 is 17.9 Å². The van der Waals surface area contributed by atoms with E-state index in [9.17, 15) is 19.5 Å². The van der Waals surface area contributed by atoms with Gasteiger partial charge in [-0.1, -0.05) is 78.9 Å². The zero-order valence-electron chi connectivity index (χ0n) is 23.1. The maximum Gasteiger partial charge on any atom is 0.332 e. The van der Waals surface area contributed by atoms with Gasteiger partial charge in [-0.15, -0.1) is 6.58 Å². The van der Waals surface area contributed by atoms with Gasteiger partial charge in [-0.3, -0.25) is 14.6 Å². The Balaban J connectivity index is 1.46. The lowest BCUT2D eigenvalue weighted by Crippen LogP contribution is -2.71. The number of Topliss-reactive ketones (excluding diaryl/α,β-unsaturated/α-hetero) is 1. The lowest BCUT2D eigenvalue weighted by Gasteiger charge is -2.52. The lowest BCUT2D eigenvalue weighted by atomic mass is 9.74. The van der Waals surface area contributed by atoms with Gasteiger partial charge in [0.05, 0.1) is 24.4 Å². The minimum absolute atomic E-state index is 0.0231. The Hall–Kier alpha value is -4.43. The number of urea groups is 1. The van der Waals surface area contributed by atoms with Crippen LogP contribution in [0.25, 0.3) is 0 Å². The third kappa shape index (κ3) is 6.49. The summed E-state index contributed by atoms with van der Waals surface area (Å²) < 4.78 is 0. The Kier molecular flexibility index (Phi) is 8.79. The molecule has 212 valence electrons. The average molecular weight is 553 g/mol. The van der Waals surface area contributed by atoms with Crippen LogP contribution in [0, 0.1) is 11.8 Å². The molecule has 0 spiro atoms. The highest BCUT2D eigenvalue weighted by atomic mass is 16.3. The highest BCUT2D eigenvalue weighted by Gasteiger charge is 2.53. The van der Waals surface area contributed by atoms with Crippen molar-refractivity contribution in [2.45, 2.75) is 25.4 Å². The average Bonchev–Trinajstić information content (AvgIpc) is 2.99. The molecule has 2 aliphatic rings. The largest absolute Gasteiger partial charge is 0.508 e. The zero-order valence-corrected chi connectivity index (χ0v) is 23.1. The van der Waals surface area contributed by atoms with Crippen molar-refractivity contribution in [3.63, 3.8) is 0 Å². The maximum absolute atomic E-state index is 14.0. The number of hydrogen-bond acceptors (Lipinski definition) is 5. The fraction of sp³-hybridized carbons (Fsp3) is 0.303. The highest BCUT2D eigenvalue weighted by Crippen LogP contribution is 2.36. The number of likely N-dealkylation sites (tertiary alicyclic amines) is 1. The van der Waals surface area contributed by atoms with E-state index in [4.69, 9.17) is 0 Å². The highest BCUT2D eigenvalue weighted by molar-refractivity contribution is 5.93. The van der Waals surface area contributed by atoms with Gasteiger partial charge >= 0.3 is 6.03 Å². The number of phenols is 1. The zero-order chi connectivity index (χ0) is 28.8. The number of fused-ring (bicyclic) bond motifs is 1. The molecule has 3 amide bonds. The molecule has 5 rings (SSSR count). The molecule has 2 saturated heterocycles. The summed E-state index contributed by atoms with van der Waals surface area (Å²) >= 11 is 0. The first-order valence-corrected chi connectivity index (χ1v) is 14.0. The Bertz CT molecular complexity index is 1360. The summed E-state index contributed by atoms with van der Waals surface area (Å²) in [6.07, 6.45) is 2.69. The quantitative estimate of drug-likeness (QED) is 0.394. The number of nitrogens with one attached hydrogen (secondary N) is 1. The van der Waals surface area contributed by atoms with Crippen LogP contribution in [0.3, 0.4) is 0 Å². The van der Waals surface area contributed by atoms with Crippen molar-refractivity contribution in [2.75, 3.05) is 26.2 Å². The van der Waals surface area contributed by atoms with Crippen LogP contribution >= 0.6 is 0 Å². The first kappa shape index (κ1) is 28.1. The van der Waals surface area contributed by atoms with Crippen molar-refractivity contribution < 1.29 is 19.5 Å². The number of benzene rings is 3. The number of ketones is 1. The van der Waals surface area contributed by atoms with Gasteiger partial charge in [0.25, 0.3) is 0 Å². The minimum atomic E-state index is -0.646. The van der Waals surface area contributed by atoms with E-state index in [1.807, 2.05) is 60.7 Å². The van der Waals surface area contributed by atoms with E-state index in [1.54, 1.807) is 45.3 Å². The third-order valence-corrected chi connectivity index (χ3v) is 7.95. The number of carbonyl (C=O) groups excluding carboxylic acids is 3. The van der Waals surface area contributed by atoms with Gasteiger partial charge in [0.2, 0.25) is 5.91 Å². The second-order valence-corrected chi connectivity index (χ2v) is 10.7. The molecule has 41 heavy (non-hydrogen) atoms. The second kappa shape index (κ2) is 12.8. The second-order valence-electron chi connectivity index (χ2n) is 10.7. The van der Waals surface area contributed by atoms with Gasteiger partial charge in [-0.2, -0.15) is 0 Å². The predicted octanol–water partition coefficient (Wildman–Crippen LogP) is 3.82. The van der Waals surface area contributed by atoms with E-state index in [1.165, 1.54) is 0 Å². The molecule has 0 aromatic heterocycles. The normalized spacial score (nSPS) is 20.9. The van der Waals surface area contributed by atoms with Crippen LogP contribution in [-0.4, -0.2) is 70.0 Å². The monoisotopic (exact) mass is 552 g/mol. The molecule has 3 atom stereocenters. The van der Waals surface area contributed by atoms with Gasteiger partial charge in [-0.05, 0) is 41.7 Å². The molecule has 0 bridgehead atoms. The van der Waals surface area contributed by atoms with Crippen LogP contribution in [0.5, 0.6) is 5.75 Å². The molecular weight excluding hydrogens is 516 g/mol. The van der Waals surface area contributed by atoms with Crippen molar-refractivity contribution >= 4 is 17.7 Å². The fourth-order valence-corrected chi connectivity index (χ4v) is 5.97. The first-order valence-electron chi connectivity index (χ1n) is 14.0. The molecule has 0 aliphatic carbocycles. The first-order chi connectivity index (χ1) is 19.9. The molecule has 0 radical (unpaired) electrons. The van der Waals surface area contributed by atoms with Crippen molar-refractivity contribution in [1.82, 2.24) is 20.2 Å². The summed E-state index contributed by atoms with van der Waals surface area (Å²) in [6.45, 7) is 5.28. The maximum atomic E-state index is 14.0. The fourth-order valence-electron chi connectivity index (χ4n) is 5.97. The predicted molar refractivity (Wildman–Crippen MR) is 157 cm³/mol. The van der Waals surface area contributed by atoms with E-state index in [-0.39, 0.29) is 36.6 Å². The Morgan fingerprint density at radius 3 is 2.24 bits per heavy atom. The lowest BCUT2D eigenvalue weighted by molar-refractivity contribution is -0.167. The Morgan fingerprint density at radius 1 is 0.927 bits per heavy atom. The summed E-state index contributed by atoms with van der Waals surface area (Å²) in [7, 11) is 0. The van der Waals surface area contributed by atoms with E-state index in [2.05, 4.69) is 11.9 Å². The van der Waals surface area contributed by atoms with E-state index in [0.29, 0.717) is 32.5 Å². The smallest absolute Gasteiger partial charge is 0.332 e. The van der Waals surface area contributed by atoms with E-state index >= 15 is 0 Å². The number of rotatable bonds is 9. The van der Waals surface area contributed by atoms with Gasteiger partial charge in [0.1, 0.15) is 5.75 Å². The van der Waals surface area contributed by atoms with Crippen molar-refractivity contribution in [1.29, 1.82) is 0 Å². The topological polar surface area (TPSA) is 93.2 Å². The molecule has 2 aliphatic heterocycles. The number of hydrogen-bond donors (Lipinski definition) is 2. The standard InChI is InChI=1S/C33H36N4O4/c1-2-18-36-23-30(39)31-28(20-25-13-15-27(38)16-14-25)32(40)35(19-17-24-9-5-3-6-10-24)22-29(31)37(36)33(41)34-21-26-11-7-4-8-12-26/h2-16,28-29,31,38H,1,17-23H2,(H,34,41). The van der Waals surface area contributed by atoms with E-state index in [0.717, 1.165) is 16.7 Å². The molecule has 3 aromatic rings. The SMILES string of the molecule is C=CCN1CC(=O)C2C(Cc3ccc(O)cc3)C(=O)N(CCc3ccccc3)CC2N1C(=O)NCc1ccccc1. The molecular formula is C33H36N4O4. The number of piperidine rings is 1. The van der Waals surface area contributed by atoms with Crippen LogP contribution in [0.2, 0.25) is 0 Å². The van der Waals surface area contributed by atoms with Gasteiger partial charge < -0.3 is 15.3 Å². The van der Waals surface area contributed by atoms with Crippen molar-refractivity contribution in [3.8, 4) is 5.75 Å². The van der Waals surface area contributed by atoms with Gasteiger partial charge in [0, 0.05) is 26.2 Å². The molecule has 2 N–H and O–H groups in total. The number of hydrazine groups is 1. The summed E-state index contributed by atoms with van der Waals surface area (Å²) in [4.78, 5) is 43.3. The van der Waals surface area contributed by atoms with Crippen molar-refractivity contribution in [2.24, 2.45) is 11.8 Å². The van der Waals surface area contributed by atoms with Crippen LogP contribution in [-0.2, 0) is 29.0 Å². The number of aromatic hydroxyl groups is 1. The summed E-state index contributed by atoms with van der Waals surface area (Å²) in [5, 5.41) is 16.2.